The lowest BCUT2D eigenvalue weighted by atomic mass is 10.0. The first-order valence-electron chi connectivity index (χ1n) is 6.77. The lowest BCUT2D eigenvalue weighted by molar-refractivity contribution is -0.385. The van der Waals surface area contributed by atoms with Crippen molar-refractivity contribution in [3.63, 3.8) is 0 Å². The number of aromatic hydroxyl groups is 1. The van der Waals surface area contributed by atoms with Gasteiger partial charge in [-0.3, -0.25) is 10.1 Å². The number of nitro benzene ring substituents is 1. The van der Waals surface area contributed by atoms with Crippen LogP contribution in [0.2, 0.25) is 0 Å². The molecule has 110 valence electrons. The van der Waals surface area contributed by atoms with Crippen LogP contribution in [0.1, 0.15) is 37.1 Å². The first-order valence-corrected chi connectivity index (χ1v) is 6.77. The van der Waals surface area contributed by atoms with E-state index in [1.807, 2.05) is 19.9 Å². The van der Waals surface area contributed by atoms with Crippen molar-refractivity contribution in [2.75, 3.05) is 0 Å². The fourth-order valence-electron chi connectivity index (χ4n) is 2.38. The first-order chi connectivity index (χ1) is 9.99. The molecule has 0 fully saturated rings. The second-order valence-electron chi connectivity index (χ2n) is 5.02. The van der Waals surface area contributed by atoms with Crippen LogP contribution in [0.4, 0.5) is 5.69 Å². The molecule has 0 aliphatic heterocycles. The van der Waals surface area contributed by atoms with Crippen molar-refractivity contribution >= 4 is 5.69 Å². The van der Waals surface area contributed by atoms with Gasteiger partial charge in [0.2, 0.25) is 0 Å². The summed E-state index contributed by atoms with van der Waals surface area (Å²) in [6.45, 7) is 3.85. The molecule has 2 aromatic carbocycles. The molecule has 0 bridgehead atoms. The minimum Gasteiger partial charge on any atom is -0.508 e. The summed E-state index contributed by atoms with van der Waals surface area (Å²) in [6.07, 6.45) is 0. The number of nitrogens with one attached hydrogen (secondary N) is 1. The Kier molecular flexibility index (Phi) is 4.55. The van der Waals surface area contributed by atoms with Crippen LogP contribution < -0.4 is 5.32 Å². The summed E-state index contributed by atoms with van der Waals surface area (Å²) >= 11 is 0. The van der Waals surface area contributed by atoms with Gasteiger partial charge in [0.1, 0.15) is 5.75 Å². The highest BCUT2D eigenvalue weighted by molar-refractivity contribution is 5.42. The van der Waals surface area contributed by atoms with Crippen LogP contribution in [0.5, 0.6) is 5.75 Å². The molecule has 0 aliphatic rings. The van der Waals surface area contributed by atoms with Gasteiger partial charge >= 0.3 is 0 Å². The van der Waals surface area contributed by atoms with E-state index in [9.17, 15) is 15.2 Å². The Hall–Kier alpha value is -2.40. The van der Waals surface area contributed by atoms with Crippen molar-refractivity contribution in [3.05, 3.63) is 69.8 Å². The summed E-state index contributed by atoms with van der Waals surface area (Å²) in [7, 11) is 0. The van der Waals surface area contributed by atoms with E-state index in [1.54, 1.807) is 36.4 Å². The third-order valence-corrected chi connectivity index (χ3v) is 3.47. The fraction of sp³-hybridized carbons (Fsp3) is 0.250. The topological polar surface area (TPSA) is 75.4 Å². The molecule has 0 aromatic heterocycles. The van der Waals surface area contributed by atoms with Crippen LogP contribution in [0.15, 0.2) is 48.5 Å². The zero-order valence-corrected chi connectivity index (χ0v) is 12.0. The maximum atomic E-state index is 11.1. The van der Waals surface area contributed by atoms with Gasteiger partial charge in [0.25, 0.3) is 5.69 Å². The monoisotopic (exact) mass is 286 g/mol. The van der Waals surface area contributed by atoms with Crippen molar-refractivity contribution in [3.8, 4) is 5.75 Å². The predicted octanol–water partition coefficient (Wildman–Crippen LogP) is 3.71. The van der Waals surface area contributed by atoms with E-state index in [2.05, 4.69) is 5.32 Å². The van der Waals surface area contributed by atoms with E-state index in [4.69, 9.17) is 0 Å². The van der Waals surface area contributed by atoms with E-state index >= 15 is 0 Å². The highest BCUT2D eigenvalue weighted by atomic mass is 16.6. The first kappa shape index (κ1) is 15.0. The number of phenolic OH excluding ortho intramolecular Hbond substituents is 1. The third-order valence-electron chi connectivity index (χ3n) is 3.47. The van der Waals surface area contributed by atoms with Gasteiger partial charge in [0.05, 0.1) is 4.92 Å². The van der Waals surface area contributed by atoms with Crippen molar-refractivity contribution < 1.29 is 10.0 Å². The largest absolute Gasteiger partial charge is 0.508 e. The van der Waals surface area contributed by atoms with Gasteiger partial charge in [-0.25, -0.2) is 0 Å². The predicted molar refractivity (Wildman–Crippen MR) is 81.2 cm³/mol. The van der Waals surface area contributed by atoms with E-state index in [0.29, 0.717) is 5.56 Å². The fourth-order valence-corrected chi connectivity index (χ4v) is 2.38. The normalized spacial score (nSPS) is 13.6. The number of rotatable bonds is 5. The summed E-state index contributed by atoms with van der Waals surface area (Å²) in [4.78, 5) is 10.7. The molecule has 0 spiro atoms. The molecule has 0 saturated carbocycles. The lowest BCUT2D eigenvalue weighted by Gasteiger charge is -2.20. The molecule has 2 unspecified atom stereocenters. The lowest BCUT2D eigenvalue weighted by Crippen LogP contribution is -2.23. The van der Waals surface area contributed by atoms with Crippen LogP contribution in [0, 0.1) is 10.1 Å². The number of hydrogen-bond acceptors (Lipinski definition) is 4. The highest BCUT2D eigenvalue weighted by Crippen LogP contribution is 2.27. The molecule has 2 aromatic rings. The standard InChI is InChI=1S/C16H18N2O3/c1-11(13-6-5-7-14(19)10-13)17-12(2)15-8-3-4-9-16(15)18(20)21/h3-12,17,19H,1-2H3. The maximum absolute atomic E-state index is 11.1. The average Bonchev–Trinajstić information content (AvgIpc) is 2.47. The third kappa shape index (κ3) is 3.58. The molecule has 21 heavy (non-hydrogen) atoms. The number of hydrogen-bond donors (Lipinski definition) is 2. The van der Waals surface area contributed by atoms with Gasteiger partial charge in [-0.05, 0) is 31.5 Å². The quantitative estimate of drug-likeness (QED) is 0.649. The Morgan fingerprint density at radius 3 is 2.48 bits per heavy atom. The van der Waals surface area contributed by atoms with Crippen LogP contribution >= 0.6 is 0 Å². The van der Waals surface area contributed by atoms with E-state index in [1.165, 1.54) is 6.07 Å². The van der Waals surface area contributed by atoms with E-state index in [0.717, 1.165) is 5.56 Å². The summed E-state index contributed by atoms with van der Waals surface area (Å²) < 4.78 is 0. The number of phenols is 1. The number of para-hydroxylation sites is 1. The zero-order valence-electron chi connectivity index (χ0n) is 12.0. The van der Waals surface area contributed by atoms with Gasteiger partial charge < -0.3 is 10.4 Å². The molecule has 0 radical (unpaired) electrons. The van der Waals surface area contributed by atoms with Gasteiger partial charge in [0, 0.05) is 23.7 Å². The summed E-state index contributed by atoms with van der Waals surface area (Å²) in [6, 6.07) is 13.5. The SMILES string of the molecule is CC(NC(C)c1ccccc1[N+](=O)[O-])c1cccc(O)c1. The molecular formula is C16H18N2O3. The maximum Gasteiger partial charge on any atom is 0.274 e. The van der Waals surface area contributed by atoms with Crippen LogP contribution in [-0.4, -0.2) is 10.0 Å². The van der Waals surface area contributed by atoms with Gasteiger partial charge in [-0.1, -0.05) is 30.3 Å². The molecular weight excluding hydrogens is 268 g/mol. The Balaban J connectivity index is 2.18. The molecule has 0 aliphatic carbocycles. The Bertz CT molecular complexity index is 643. The van der Waals surface area contributed by atoms with E-state index < -0.39 is 0 Å². The van der Waals surface area contributed by atoms with Crippen LogP contribution in [0.3, 0.4) is 0 Å². The molecule has 2 atom stereocenters. The molecule has 2 N–H and O–H groups in total. The molecule has 5 heteroatoms. The Morgan fingerprint density at radius 2 is 1.81 bits per heavy atom. The molecule has 0 saturated heterocycles. The Morgan fingerprint density at radius 1 is 1.10 bits per heavy atom. The second kappa shape index (κ2) is 6.37. The highest BCUT2D eigenvalue weighted by Gasteiger charge is 2.19. The molecule has 5 nitrogen and oxygen atoms in total. The zero-order chi connectivity index (χ0) is 15.4. The minimum absolute atomic E-state index is 0.0353. The summed E-state index contributed by atoms with van der Waals surface area (Å²) in [5.41, 5.74) is 1.69. The van der Waals surface area contributed by atoms with Crippen molar-refractivity contribution in [2.24, 2.45) is 0 Å². The summed E-state index contributed by atoms with van der Waals surface area (Å²) in [5, 5.41) is 23.9. The minimum atomic E-state index is -0.369. The van der Waals surface area contributed by atoms with Gasteiger partial charge in [-0.2, -0.15) is 0 Å². The van der Waals surface area contributed by atoms with Gasteiger partial charge in [-0.15, -0.1) is 0 Å². The van der Waals surface area contributed by atoms with E-state index in [-0.39, 0.29) is 28.4 Å². The average molecular weight is 286 g/mol. The summed E-state index contributed by atoms with van der Waals surface area (Å²) in [5.74, 6) is 0.208. The number of nitrogens with zero attached hydrogens (tertiary/aromatic N) is 1. The van der Waals surface area contributed by atoms with Crippen molar-refractivity contribution in [1.29, 1.82) is 0 Å². The van der Waals surface area contributed by atoms with Crippen LogP contribution in [0.25, 0.3) is 0 Å². The van der Waals surface area contributed by atoms with Crippen LogP contribution in [-0.2, 0) is 0 Å². The van der Waals surface area contributed by atoms with Gasteiger partial charge in [0.15, 0.2) is 0 Å². The molecule has 0 amide bonds. The van der Waals surface area contributed by atoms with Crippen molar-refractivity contribution in [1.82, 2.24) is 5.32 Å². The van der Waals surface area contributed by atoms with Crippen molar-refractivity contribution in [2.45, 2.75) is 25.9 Å². The molecule has 0 heterocycles. The molecule has 2 rings (SSSR count). The Labute approximate surface area is 123 Å². The number of nitro groups is 1. The smallest absolute Gasteiger partial charge is 0.274 e. The number of benzene rings is 2. The second-order valence-corrected chi connectivity index (χ2v) is 5.02.